The molecule has 0 heterocycles. The minimum absolute atomic E-state index is 0.194. The van der Waals surface area contributed by atoms with Gasteiger partial charge in [0.15, 0.2) is 0 Å². The maximum absolute atomic E-state index is 8.82. The summed E-state index contributed by atoms with van der Waals surface area (Å²) < 4.78 is 10.8. The lowest BCUT2D eigenvalue weighted by atomic mass is 9.89. The predicted molar refractivity (Wildman–Crippen MR) is 65.2 cm³/mol. The van der Waals surface area contributed by atoms with Gasteiger partial charge in [-0.05, 0) is 47.0 Å². The Bertz CT molecular complexity index is 206. The largest absolute Gasteiger partial charge is 0.379 e. The molecule has 0 radical (unpaired) electrons. The van der Waals surface area contributed by atoms with E-state index in [-0.39, 0.29) is 11.5 Å². The molecule has 0 N–H and O–H groups in total. The summed E-state index contributed by atoms with van der Waals surface area (Å²) in [6.45, 7) is 10.1. The summed E-state index contributed by atoms with van der Waals surface area (Å²) in [5.74, 6) is 0. The fourth-order valence-electron chi connectivity index (χ4n) is 1.27. The number of hydrogen-bond acceptors (Lipinski definition) is 3. The molecule has 0 aliphatic carbocycles. The molecule has 94 valence electrons. The number of hydrogen-bond donors (Lipinski definition) is 0. The van der Waals surface area contributed by atoms with Crippen molar-refractivity contribution in [3.05, 3.63) is 0 Å². The summed E-state index contributed by atoms with van der Waals surface area (Å²) in [5.41, 5.74) is -0.194. The van der Waals surface area contributed by atoms with Gasteiger partial charge < -0.3 is 9.47 Å². The zero-order valence-corrected chi connectivity index (χ0v) is 11.1. The van der Waals surface area contributed by atoms with Crippen LogP contribution < -0.4 is 0 Å². The van der Waals surface area contributed by atoms with Crippen molar-refractivity contribution >= 4 is 0 Å². The van der Waals surface area contributed by atoms with Crippen LogP contribution in [0.4, 0.5) is 0 Å². The Hall–Kier alpha value is -0.590. The SMILES string of the molecule is CC(C)OCCOCCCCC(C)(C)C#N. The summed E-state index contributed by atoms with van der Waals surface area (Å²) in [6, 6.07) is 2.30. The fourth-order valence-corrected chi connectivity index (χ4v) is 1.27. The van der Waals surface area contributed by atoms with Gasteiger partial charge in [0, 0.05) is 6.61 Å². The van der Waals surface area contributed by atoms with Crippen molar-refractivity contribution in [2.75, 3.05) is 19.8 Å². The Morgan fingerprint density at radius 1 is 1.12 bits per heavy atom. The van der Waals surface area contributed by atoms with Crippen LogP contribution in [-0.4, -0.2) is 25.9 Å². The molecule has 3 heteroatoms. The maximum Gasteiger partial charge on any atom is 0.0703 e. The van der Waals surface area contributed by atoms with Gasteiger partial charge in [-0.1, -0.05) is 0 Å². The van der Waals surface area contributed by atoms with E-state index in [9.17, 15) is 0 Å². The van der Waals surface area contributed by atoms with Gasteiger partial charge in [0.25, 0.3) is 0 Å². The normalized spacial score (nSPS) is 11.8. The topological polar surface area (TPSA) is 42.2 Å². The van der Waals surface area contributed by atoms with Crippen LogP contribution in [0.15, 0.2) is 0 Å². The minimum Gasteiger partial charge on any atom is -0.379 e. The third-order valence-corrected chi connectivity index (χ3v) is 2.32. The van der Waals surface area contributed by atoms with E-state index in [1.807, 2.05) is 27.7 Å². The number of unbranched alkanes of at least 4 members (excludes halogenated alkanes) is 1. The molecule has 0 aliphatic heterocycles. The number of nitrogens with zero attached hydrogens (tertiary/aromatic N) is 1. The smallest absolute Gasteiger partial charge is 0.0703 e. The Morgan fingerprint density at radius 3 is 2.38 bits per heavy atom. The molecule has 0 fully saturated rings. The molecule has 0 aliphatic rings. The number of ether oxygens (including phenoxy) is 2. The van der Waals surface area contributed by atoms with Gasteiger partial charge in [-0.3, -0.25) is 0 Å². The molecule has 0 spiro atoms. The average Bonchev–Trinajstić information content (AvgIpc) is 2.21. The molecular weight excluding hydrogens is 202 g/mol. The second-order valence-electron chi connectivity index (χ2n) is 4.98. The summed E-state index contributed by atoms with van der Waals surface area (Å²) in [5, 5.41) is 8.82. The molecule has 0 aromatic heterocycles. The first-order valence-corrected chi connectivity index (χ1v) is 6.08. The predicted octanol–water partition coefficient (Wildman–Crippen LogP) is 3.15. The van der Waals surface area contributed by atoms with Crippen LogP contribution in [0.25, 0.3) is 0 Å². The van der Waals surface area contributed by atoms with Gasteiger partial charge >= 0.3 is 0 Å². The molecule has 0 atom stereocenters. The summed E-state index contributed by atoms with van der Waals surface area (Å²) in [6.07, 6.45) is 3.29. The minimum atomic E-state index is -0.194. The molecule has 3 nitrogen and oxygen atoms in total. The fraction of sp³-hybridized carbons (Fsp3) is 0.923. The van der Waals surface area contributed by atoms with Gasteiger partial charge in [-0.15, -0.1) is 0 Å². The van der Waals surface area contributed by atoms with Crippen molar-refractivity contribution in [3.63, 3.8) is 0 Å². The lowest BCUT2D eigenvalue weighted by molar-refractivity contribution is 0.0184. The lowest BCUT2D eigenvalue weighted by Crippen LogP contribution is -2.11. The second kappa shape index (κ2) is 8.55. The summed E-state index contributed by atoms with van der Waals surface area (Å²) in [7, 11) is 0. The quantitative estimate of drug-likeness (QED) is 0.568. The van der Waals surface area contributed by atoms with E-state index in [1.54, 1.807) is 0 Å². The first-order valence-electron chi connectivity index (χ1n) is 6.08. The van der Waals surface area contributed by atoms with Crippen LogP contribution in [0.5, 0.6) is 0 Å². The molecule has 0 bridgehead atoms. The molecule has 0 unspecified atom stereocenters. The van der Waals surface area contributed by atoms with E-state index in [4.69, 9.17) is 14.7 Å². The Kier molecular flexibility index (Phi) is 8.23. The van der Waals surface area contributed by atoms with E-state index < -0.39 is 0 Å². The molecule has 0 amide bonds. The first-order chi connectivity index (χ1) is 7.48. The van der Waals surface area contributed by atoms with Crippen LogP contribution in [0, 0.1) is 16.7 Å². The zero-order valence-electron chi connectivity index (χ0n) is 11.1. The molecule has 0 aromatic rings. The molecular formula is C13H25NO2. The summed E-state index contributed by atoms with van der Waals surface area (Å²) >= 11 is 0. The van der Waals surface area contributed by atoms with Crippen LogP contribution >= 0.6 is 0 Å². The van der Waals surface area contributed by atoms with Crippen molar-refractivity contribution in [3.8, 4) is 6.07 Å². The Labute approximate surface area is 99.7 Å². The third-order valence-electron chi connectivity index (χ3n) is 2.32. The third kappa shape index (κ3) is 9.95. The second-order valence-corrected chi connectivity index (χ2v) is 4.98. The highest BCUT2D eigenvalue weighted by Gasteiger charge is 2.15. The number of nitriles is 1. The molecule has 0 aromatic carbocycles. The Morgan fingerprint density at radius 2 is 1.81 bits per heavy atom. The number of rotatable bonds is 9. The standard InChI is InChI=1S/C13H25NO2/c1-12(2)16-10-9-15-8-6-5-7-13(3,4)11-14/h12H,5-10H2,1-4H3. The van der Waals surface area contributed by atoms with Crippen molar-refractivity contribution < 1.29 is 9.47 Å². The molecule has 0 rings (SSSR count). The van der Waals surface area contributed by atoms with Gasteiger partial charge in [-0.25, -0.2) is 0 Å². The van der Waals surface area contributed by atoms with Crippen molar-refractivity contribution in [1.29, 1.82) is 5.26 Å². The lowest BCUT2D eigenvalue weighted by Gasteiger charge is -2.14. The van der Waals surface area contributed by atoms with Crippen LogP contribution in [0.2, 0.25) is 0 Å². The highest BCUT2D eigenvalue weighted by molar-refractivity contribution is 4.91. The Balaban J connectivity index is 3.20. The van der Waals surface area contributed by atoms with Crippen molar-refractivity contribution in [1.82, 2.24) is 0 Å². The zero-order chi connectivity index (χ0) is 12.4. The highest BCUT2D eigenvalue weighted by Crippen LogP contribution is 2.21. The van der Waals surface area contributed by atoms with Gasteiger partial charge in [0.05, 0.1) is 30.8 Å². The van der Waals surface area contributed by atoms with Crippen LogP contribution in [0.1, 0.15) is 47.0 Å². The molecule has 0 saturated carbocycles. The molecule has 16 heavy (non-hydrogen) atoms. The highest BCUT2D eigenvalue weighted by atomic mass is 16.5. The summed E-state index contributed by atoms with van der Waals surface area (Å²) in [4.78, 5) is 0. The first kappa shape index (κ1) is 15.4. The monoisotopic (exact) mass is 227 g/mol. The van der Waals surface area contributed by atoms with E-state index in [1.165, 1.54) is 0 Å². The van der Waals surface area contributed by atoms with Crippen LogP contribution in [0.3, 0.4) is 0 Å². The van der Waals surface area contributed by atoms with E-state index in [0.29, 0.717) is 13.2 Å². The average molecular weight is 227 g/mol. The van der Waals surface area contributed by atoms with Crippen LogP contribution in [-0.2, 0) is 9.47 Å². The van der Waals surface area contributed by atoms with E-state index in [2.05, 4.69) is 6.07 Å². The van der Waals surface area contributed by atoms with Gasteiger partial charge in [0.1, 0.15) is 0 Å². The van der Waals surface area contributed by atoms with Gasteiger partial charge in [0.2, 0.25) is 0 Å². The van der Waals surface area contributed by atoms with Crippen molar-refractivity contribution in [2.45, 2.75) is 53.1 Å². The molecule has 0 saturated heterocycles. The van der Waals surface area contributed by atoms with Gasteiger partial charge in [-0.2, -0.15) is 5.26 Å². The van der Waals surface area contributed by atoms with E-state index in [0.717, 1.165) is 25.9 Å². The van der Waals surface area contributed by atoms with Crippen molar-refractivity contribution in [2.24, 2.45) is 5.41 Å². The van der Waals surface area contributed by atoms with E-state index >= 15 is 0 Å². The maximum atomic E-state index is 8.82.